The molecule has 10 nitrogen and oxygen atoms in total. The van der Waals surface area contributed by atoms with E-state index in [0.717, 1.165) is 39.0 Å². The van der Waals surface area contributed by atoms with Crippen molar-refractivity contribution in [2.24, 2.45) is 9.98 Å². The number of nitrogens with one attached hydrogen (secondary N) is 2. The van der Waals surface area contributed by atoms with Gasteiger partial charge in [0.15, 0.2) is 0 Å². The summed E-state index contributed by atoms with van der Waals surface area (Å²) in [6, 6.07) is 6.19. The second-order valence-electron chi connectivity index (χ2n) is 7.76. The van der Waals surface area contributed by atoms with Crippen molar-refractivity contribution < 1.29 is 29.2 Å². The Bertz CT molecular complexity index is 917. The van der Waals surface area contributed by atoms with E-state index in [0.29, 0.717) is 47.2 Å². The van der Waals surface area contributed by atoms with Crippen molar-refractivity contribution in [1.82, 2.24) is 10.6 Å². The molecule has 0 amide bonds. The van der Waals surface area contributed by atoms with Gasteiger partial charge in [-0.2, -0.15) is 0 Å². The predicted molar refractivity (Wildman–Crippen MR) is 138 cm³/mol. The van der Waals surface area contributed by atoms with Crippen molar-refractivity contribution in [3.05, 3.63) is 35.4 Å². The van der Waals surface area contributed by atoms with E-state index in [2.05, 4.69) is 20.6 Å². The van der Waals surface area contributed by atoms with Gasteiger partial charge in [0.05, 0.1) is 28.4 Å². The summed E-state index contributed by atoms with van der Waals surface area (Å²) in [5.74, 6) is 1.47. The summed E-state index contributed by atoms with van der Waals surface area (Å²) < 4.78 is 20.7. The van der Waals surface area contributed by atoms with Crippen LogP contribution >= 0.6 is 0 Å². The predicted octanol–water partition coefficient (Wildman–Crippen LogP) is 1.37. The molecule has 0 atom stereocenters. The first-order valence-corrected chi connectivity index (χ1v) is 11.8. The molecule has 0 bridgehead atoms. The Morgan fingerprint density at radius 2 is 1.06 bits per heavy atom. The quantitative estimate of drug-likeness (QED) is 0.246. The van der Waals surface area contributed by atoms with Crippen molar-refractivity contribution in [2.45, 2.75) is 12.8 Å². The van der Waals surface area contributed by atoms with Gasteiger partial charge in [-0.15, -0.1) is 0 Å². The van der Waals surface area contributed by atoms with E-state index >= 15 is 0 Å². The number of benzene rings is 2. The van der Waals surface area contributed by atoms with Crippen molar-refractivity contribution in [2.75, 3.05) is 67.7 Å². The topological polar surface area (TPSA) is 132 Å². The third kappa shape index (κ3) is 9.27. The van der Waals surface area contributed by atoms with Gasteiger partial charge in [0.2, 0.25) is 0 Å². The first kappa shape index (κ1) is 28.7. The average Bonchev–Trinajstić information content (AvgIpc) is 2.89. The molecule has 0 aliphatic carbocycles. The van der Waals surface area contributed by atoms with Crippen LogP contribution in [0, 0.1) is 0 Å². The van der Waals surface area contributed by atoms with Crippen LogP contribution in [0.3, 0.4) is 0 Å². The molecule has 0 aromatic heterocycles. The van der Waals surface area contributed by atoms with Crippen LogP contribution in [0.15, 0.2) is 34.3 Å². The lowest BCUT2D eigenvalue weighted by molar-refractivity contribution is -0.269. The zero-order valence-electron chi connectivity index (χ0n) is 21.5. The van der Waals surface area contributed by atoms with Gasteiger partial charge in [0, 0.05) is 61.9 Å². The summed E-state index contributed by atoms with van der Waals surface area (Å²) >= 11 is 0. The molecule has 2 rings (SSSR count). The lowest BCUT2D eigenvalue weighted by Crippen LogP contribution is -2.29. The minimum absolute atomic E-state index is 0.180. The summed E-state index contributed by atoms with van der Waals surface area (Å²) in [7, 11) is 6.04. The summed E-state index contributed by atoms with van der Waals surface area (Å²) in [5, 5.41) is 31.0. The maximum Gasteiger partial charge on any atom is 0.130 e. The number of hydrogen-bond acceptors (Lipinski definition) is 10. The fourth-order valence-electron chi connectivity index (χ4n) is 3.31. The van der Waals surface area contributed by atoms with Gasteiger partial charge in [0.1, 0.15) is 23.0 Å². The third-order valence-corrected chi connectivity index (χ3v) is 5.27. The van der Waals surface area contributed by atoms with Crippen LogP contribution in [-0.4, -0.2) is 80.1 Å². The highest BCUT2D eigenvalue weighted by atomic mass is 16.5. The molecule has 2 aromatic carbocycles. The maximum atomic E-state index is 12.2. The standard InChI is InChI=1S/C26H38N4O6/c1-33-19-13-23(31)21(25(15-19)35-3)17-29-9-5-7-27-11-12-28-8-6-10-30-18-22-24(32)14-20(34-2)16-26(22)36-4/h13-18,27-28,31-32H,5-12H2,1-4H3/p-2. The lowest BCUT2D eigenvalue weighted by Gasteiger charge is -2.16. The van der Waals surface area contributed by atoms with Gasteiger partial charge in [0.25, 0.3) is 0 Å². The van der Waals surface area contributed by atoms with E-state index in [1.54, 1.807) is 24.6 Å². The second kappa shape index (κ2) is 16.2. The van der Waals surface area contributed by atoms with E-state index in [4.69, 9.17) is 18.9 Å². The van der Waals surface area contributed by atoms with E-state index < -0.39 is 0 Å². The molecule has 0 saturated heterocycles. The molecule has 0 radical (unpaired) electrons. The van der Waals surface area contributed by atoms with Gasteiger partial charge >= 0.3 is 0 Å². The van der Waals surface area contributed by atoms with Gasteiger partial charge in [-0.3, -0.25) is 9.98 Å². The zero-order chi connectivity index (χ0) is 26.2. The monoisotopic (exact) mass is 500 g/mol. The highest BCUT2D eigenvalue weighted by molar-refractivity contribution is 5.88. The van der Waals surface area contributed by atoms with Gasteiger partial charge in [-0.05, 0) is 38.1 Å². The van der Waals surface area contributed by atoms with Crippen LogP contribution in [0.1, 0.15) is 24.0 Å². The third-order valence-electron chi connectivity index (χ3n) is 5.27. The summed E-state index contributed by atoms with van der Waals surface area (Å²) in [4.78, 5) is 8.68. The highest BCUT2D eigenvalue weighted by Gasteiger charge is 2.05. The molecule has 0 spiro atoms. The molecule has 36 heavy (non-hydrogen) atoms. The molecule has 2 aromatic rings. The van der Waals surface area contributed by atoms with Crippen LogP contribution in [0.25, 0.3) is 0 Å². The van der Waals surface area contributed by atoms with Crippen LogP contribution in [0.5, 0.6) is 34.5 Å². The molecule has 0 aliphatic heterocycles. The van der Waals surface area contributed by atoms with E-state index in [-0.39, 0.29) is 11.5 Å². The van der Waals surface area contributed by atoms with Gasteiger partial charge < -0.3 is 39.8 Å². The Kier molecular flexibility index (Phi) is 12.9. The van der Waals surface area contributed by atoms with Gasteiger partial charge in [-0.1, -0.05) is 11.5 Å². The molecule has 10 heteroatoms. The minimum Gasteiger partial charge on any atom is -0.872 e. The molecule has 0 saturated carbocycles. The average molecular weight is 501 g/mol. The largest absolute Gasteiger partial charge is 0.872 e. The Morgan fingerprint density at radius 1 is 0.639 bits per heavy atom. The molecular weight excluding hydrogens is 464 g/mol. The molecule has 0 aliphatic rings. The van der Waals surface area contributed by atoms with Crippen LogP contribution < -0.4 is 39.8 Å². The first-order chi connectivity index (χ1) is 17.5. The number of aliphatic imine (C=N–C) groups is 2. The Hall–Kier alpha value is -3.50. The van der Waals surface area contributed by atoms with E-state index in [1.807, 2.05) is 0 Å². The van der Waals surface area contributed by atoms with Crippen LogP contribution in [0.2, 0.25) is 0 Å². The van der Waals surface area contributed by atoms with E-state index in [1.165, 1.54) is 40.6 Å². The van der Waals surface area contributed by atoms with Crippen molar-refractivity contribution in [3.63, 3.8) is 0 Å². The van der Waals surface area contributed by atoms with Gasteiger partial charge in [-0.25, -0.2) is 0 Å². The van der Waals surface area contributed by atoms with Crippen LogP contribution in [0.4, 0.5) is 0 Å². The molecule has 198 valence electrons. The minimum atomic E-state index is -0.180. The Morgan fingerprint density at radius 3 is 1.42 bits per heavy atom. The molecule has 0 unspecified atom stereocenters. The molecule has 0 fully saturated rings. The molecule has 0 heterocycles. The summed E-state index contributed by atoms with van der Waals surface area (Å²) in [6.07, 6.45) is 4.84. The number of methoxy groups -OCH3 is 4. The number of hydrogen-bond donors (Lipinski definition) is 2. The normalized spacial score (nSPS) is 11.3. The molecule has 2 N–H and O–H groups in total. The second-order valence-corrected chi connectivity index (χ2v) is 7.76. The smallest absolute Gasteiger partial charge is 0.130 e. The Balaban J connectivity index is 1.55. The van der Waals surface area contributed by atoms with E-state index in [9.17, 15) is 10.2 Å². The van der Waals surface area contributed by atoms with Crippen molar-refractivity contribution >= 4 is 12.4 Å². The maximum absolute atomic E-state index is 12.2. The zero-order valence-corrected chi connectivity index (χ0v) is 21.5. The fraction of sp³-hybridized carbons (Fsp3) is 0.462. The van der Waals surface area contributed by atoms with Crippen LogP contribution in [-0.2, 0) is 0 Å². The highest BCUT2D eigenvalue weighted by Crippen LogP contribution is 2.31. The number of rotatable bonds is 17. The van der Waals surface area contributed by atoms with Crippen molar-refractivity contribution in [3.8, 4) is 34.5 Å². The lowest BCUT2D eigenvalue weighted by atomic mass is 10.2. The number of ether oxygens (including phenoxy) is 4. The molecular formula is C26H36N4O6-2. The number of nitrogens with zero attached hydrogens (tertiary/aromatic N) is 2. The summed E-state index contributed by atoms with van der Waals surface area (Å²) in [5.41, 5.74) is 0.854. The van der Waals surface area contributed by atoms with Crippen molar-refractivity contribution in [1.29, 1.82) is 0 Å². The fourth-order valence-corrected chi connectivity index (χ4v) is 3.31. The first-order valence-electron chi connectivity index (χ1n) is 11.8. The SMILES string of the molecule is COc1cc([O-])c(C=NCCCNCCNCCCN=Cc2c([O-])cc(OC)cc2OC)c(OC)c1. The Labute approximate surface area is 213 Å². The summed E-state index contributed by atoms with van der Waals surface area (Å²) in [6.45, 7) is 4.55.